The van der Waals surface area contributed by atoms with E-state index in [9.17, 15) is 13.0 Å². The number of aromatic nitrogens is 5. The predicted octanol–water partition coefficient (Wildman–Crippen LogP) is 9.83. The van der Waals surface area contributed by atoms with Gasteiger partial charge in [0.05, 0.1) is 53.5 Å². The molecule has 380 valence electrons. The molecule has 0 unspecified atom stereocenters. The second-order valence-corrected chi connectivity index (χ2v) is 20.7. The summed E-state index contributed by atoms with van der Waals surface area (Å²) < 4.78 is 104. The fourth-order valence-electron chi connectivity index (χ4n) is 6.55. The lowest BCUT2D eigenvalue weighted by atomic mass is 10.2. The Balaban J connectivity index is 0.00000109. The molecule has 0 atom stereocenters. The number of thioether (sulfide) groups is 1. The molecule has 0 spiro atoms. The second kappa shape index (κ2) is 26.0. The van der Waals surface area contributed by atoms with Gasteiger partial charge in [-0.3, -0.25) is 4.55 Å². The fraction of sp³-hybridized carbons (Fsp3) is 0.359. The maximum absolute atomic E-state index is 11.7. The van der Waals surface area contributed by atoms with Gasteiger partial charge in [-0.05, 0) is 98.6 Å². The van der Waals surface area contributed by atoms with Crippen LogP contribution in [0.3, 0.4) is 0 Å². The highest BCUT2D eigenvalue weighted by atomic mass is 32.2. The van der Waals surface area contributed by atoms with Gasteiger partial charge in [-0.2, -0.15) is 32.1 Å². The Labute approximate surface area is 430 Å². The Hall–Kier alpha value is -5.87. The summed E-state index contributed by atoms with van der Waals surface area (Å²) in [6, 6.07) is 7.42. The number of thiophene rings is 2. The number of nitrogens with one attached hydrogen (secondary N) is 2. The minimum atomic E-state index is -4.26. The van der Waals surface area contributed by atoms with Gasteiger partial charge in [-0.1, -0.05) is 11.8 Å². The van der Waals surface area contributed by atoms with E-state index in [0.717, 1.165) is 54.7 Å². The Bertz CT molecular complexity index is 3180. The molecule has 0 saturated heterocycles. The lowest BCUT2D eigenvalue weighted by Crippen LogP contribution is -2.22. The topological polar surface area (TPSA) is 320 Å². The fourth-order valence-corrected chi connectivity index (χ4v) is 11.8. The van der Waals surface area contributed by atoms with Crippen LogP contribution in [0.15, 0.2) is 60.6 Å². The van der Waals surface area contributed by atoms with Crippen LogP contribution >= 0.6 is 57.5 Å². The summed E-state index contributed by atoms with van der Waals surface area (Å²) in [6.07, 6.45) is 0. The smallest absolute Gasteiger partial charge is 0.425 e. The van der Waals surface area contributed by atoms with E-state index in [4.69, 9.17) is 49.9 Å². The highest BCUT2D eigenvalue weighted by molar-refractivity contribution is 8.00. The monoisotopic (exact) mass is 1130 g/mol. The number of rotatable bonds is 20. The van der Waals surface area contributed by atoms with Gasteiger partial charge >= 0.3 is 21.2 Å². The number of anilines is 6. The van der Waals surface area contributed by atoms with Gasteiger partial charge in [0.1, 0.15) is 32.5 Å². The third-order valence-electron chi connectivity index (χ3n) is 9.75. The van der Waals surface area contributed by atoms with Crippen molar-refractivity contribution in [3.63, 3.8) is 0 Å². The maximum atomic E-state index is 11.7. The van der Waals surface area contributed by atoms with Crippen molar-refractivity contribution in [1.82, 2.24) is 23.7 Å². The second-order valence-electron chi connectivity index (χ2n) is 14.1. The predicted molar refractivity (Wildman–Crippen MR) is 279 cm³/mol. The zero-order valence-electron chi connectivity index (χ0n) is 38.9. The Morgan fingerprint density at radius 2 is 1.06 bits per heavy atom. The molecule has 5 aromatic heterocycles. The zero-order chi connectivity index (χ0) is 52.0. The van der Waals surface area contributed by atoms with Crippen LogP contribution in [0.4, 0.5) is 56.0 Å². The Kier molecular flexibility index (Phi) is 20.5. The molecule has 7 rings (SSSR count). The van der Waals surface area contributed by atoms with Crippen molar-refractivity contribution in [2.45, 2.75) is 46.7 Å². The van der Waals surface area contributed by atoms with E-state index in [2.05, 4.69) is 77.1 Å². The van der Waals surface area contributed by atoms with Gasteiger partial charge in [-0.15, -0.1) is 68.4 Å². The highest BCUT2D eigenvalue weighted by Crippen LogP contribution is 2.45. The van der Waals surface area contributed by atoms with Gasteiger partial charge in [-0.25, -0.2) is 0 Å². The third kappa shape index (κ3) is 15.3. The summed E-state index contributed by atoms with van der Waals surface area (Å²) in [7, 11) is -7.26. The molecule has 0 aliphatic carbocycles. The van der Waals surface area contributed by atoms with E-state index >= 15 is 0 Å². The molecule has 71 heavy (non-hydrogen) atoms. The molecule has 0 radical (unpaired) electrons. The van der Waals surface area contributed by atoms with E-state index in [1.54, 1.807) is 49.0 Å². The molecule has 3 N–H and O–H groups in total. The van der Waals surface area contributed by atoms with Crippen LogP contribution in [-0.4, -0.2) is 114 Å². The molecule has 2 aromatic carbocycles. The van der Waals surface area contributed by atoms with E-state index in [-0.39, 0.29) is 22.8 Å². The molecule has 24 nitrogen and oxygen atoms in total. The average Bonchev–Trinajstić information content (AvgIpc) is 4.10. The first-order chi connectivity index (χ1) is 33.8. The summed E-state index contributed by atoms with van der Waals surface area (Å²) in [4.78, 5) is 20.3. The van der Waals surface area contributed by atoms with Crippen LogP contribution in [0.1, 0.15) is 38.8 Å². The van der Waals surface area contributed by atoms with Gasteiger partial charge in [0.15, 0.2) is 15.2 Å². The summed E-state index contributed by atoms with van der Waals surface area (Å²) in [5, 5.41) is 33.0. The lowest BCUT2D eigenvalue weighted by molar-refractivity contribution is 0.414. The standard InChI is InChI=1S/C39H45N13O5S6.2O3S/c1-9-51(10-2)27-15-23(25(17-29(27)56-7)45-47-33-31-21(5)19-59-35(31)49-61-33)40-37-42-38(44-39(43-37)58-13-14-63(53,54)55)41-24-16-28(52(11-3)12-4)30(57-8)18-26(24)46-48-34-32-22(6)20-60-36(32)50-62-34;2*1-4(2)3/h15-20H,9-14H2,1-8H3,(H,53,54,55)(H2,40,41,42,43,44);;. The number of hydrogen-bond acceptors (Lipinski definition) is 28. The van der Waals surface area contributed by atoms with Crippen LogP contribution in [0.2, 0.25) is 0 Å². The number of nitrogens with zero attached hydrogens (tertiary/aromatic N) is 11. The molecular formula is C39H45N13O11S8. The third-order valence-corrected chi connectivity index (χ3v) is 15.3. The van der Waals surface area contributed by atoms with Crippen molar-refractivity contribution < 1.29 is 47.7 Å². The van der Waals surface area contributed by atoms with Crippen molar-refractivity contribution >= 4 is 165 Å². The van der Waals surface area contributed by atoms with Crippen LogP contribution in [0.25, 0.3) is 20.4 Å². The Morgan fingerprint density at radius 1 is 0.662 bits per heavy atom. The average molecular weight is 1130 g/mol. The molecule has 32 heteroatoms. The zero-order valence-corrected chi connectivity index (χ0v) is 45.5. The minimum absolute atomic E-state index is 0.0272. The first kappa shape index (κ1) is 56.0. The van der Waals surface area contributed by atoms with Crippen molar-refractivity contribution in [3.05, 3.63) is 46.2 Å². The van der Waals surface area contributed by atoms with Crippen molar-refractivity contribution in [1.29, 1.82) is 0 Å². The molecule has 0 saturated carbocycles. The number of methoxy groups -OCH3 is 2. The molecule has 0 bridgehead atoms. The minimum Gasteiger partial charge on any atom is -0.494 e. The van der Waals surface area contributed by atoms with Crippen LogP contribution in [0, 0.1) is 13.8 Å². The number of aryl methyl sites for hydroxylation is 2. The normalized spacial score (nSPS) is 11.3. The van der Waals surface area contributed by atoms with E-state index in [1.807, 2.05) is 36.7 Å². The van der Waals surface area contributed by atoms with Crippen molar-refractivity contribution in [3.8, 4) is 11.5 Å². The van der Waals surface area contributed by atoms with E-state index in [1.165, 1.54) is 23.1 Å². The van der Waals surface area contributed by atoms with Crippen LogP contribution < -0.4 is 29.9 Å². The van der Waals surface area contributed by atoms with Crippen molar-refractivity contribution in [2.24, 2.45) is 20.5 Å². The van der Waals surface area contributed by atoms with Gasteiger partial charge in [0, 0.05) is 44.1 Å². The number of hydrogen-bond donors (Lipinski definition) is 3. The maximum Gasteiger partial charge on any atom is 0.425 e. The lowest BCUT2D eigenvalue weighted by Gasteiger charge is -2.25. The van der Waals surface area contributed by atoms with Gasteiger partial charge in [0.25, 0.3) is 10.1 Å². The number of benzene rings is 2. The SMILES string of the molecule is CCN(CC)c1cc(Nc2nc(Nc3cc(N(CC)CC)c(OC)cc3N=Nc3snc4scc(C)c34)nc(SCCS(=O)(=O)O)n2)c(N=Nc2snc3scc(C)c23)cc1OC.O=S(=O)=O.O=S(=O)=O. The van der Waals surface area contributed by atoms with E-state index in [0.29, 0.717) is 70.4 Å². The summed E-state index contributed by atoms with van der Waals surface area (Å²) in [6.45, 7) is 15.1. The number of azo groups is 2. The Morgan fingerprint density at radius 3 is 1.41 bits per heavy atom. The van der Waals surface area contributed by atoms with E-state index < -0.39 is 37.1 Å². The molecular weight excluding hydrogens is 1080 g/mol. The first-order valence-corrected chi connectivity index (χ1v) is 28.6. The molecule has 5 heterocycles. The number of ether oxygens (including phenoxy) is 2. The van der Waals surface area contributed by atoms with Crippen molar-refractivity contribution in [2.75, 3.05) is 72.3 Å². The summed E-state index contributed by atoms with van der Waals surface area (Å²) in [5.74, 6) is 0.881. The van der Waals surface area contributed by atoms with Crippen LogP contribution in [0.5, 0.6) is 11.5 Å². The highest BCUT2D eigenvalue weighted by Gasteiger charge is 2.21. The summed E-state index contributed by atoms with van der Waals surface area (Å²) in [5.41, 5.74) is 5.65. The molecule has 0 aliphatic rings. The van der Waals surface area contributed by atoms with Crippen LogP contribution in [-0.2, 0) is 31.3 Å². The molecule has 7 aromatic rings. The first-order valence-electron chi connectivity index (χ1n) is 20.7. The van der Waals surface area contributed by atoms with Gasteiger partial charge in [0.2, 0.25) is 11.9 Å². The summed E-state index contributed by atoms with van der Waals surface area (Å²) >= 11 is 6.70. The molecule has 0 aliphatic heterocycles. The number of fused-ring (bicyclic) bond motifs is 2. The quantitative estimate of drug-likeness (QED) is 0.0363. The largest absolute Gasteiger partial charge is 0.494 e. The van der Waals surface area contributed by atoms with Gasteiger partial charge < -0.3 is 29.9 Å². The molecule has 0 amide bonds. The molecule has 0 fully saturated rings.